The summed E-state index contributed by atoms with van der Waals surface area (Å²) in [5, 5.41) is 9.35. The Morgan fingerprint density at radius 3 is 2.38 bits per heavy atom. The quantitative estimate of drug-likeness (QED) is 0.809. The number of hydrogen-bond acceptors (Lipinski definition) is 2. The molecular formula is C14H15F4NO2. The molecule has 116 valence electrons. The standard InChI is InChI=1S/C14H15F4NO2/c1-8-6-10(11(15)7-12(8)20)13(21)19-4-2-9(3-5-19)14(16,17)18/h6-7,9,20H,2-5H2,1H3. The van der Waals surface area contributed by atoms with Crippen LogP contribution in [-0.2, 0) is 0 Å². The van der Waals surface area contributed by atoms with Gasteiger partial charge in [-0.05, 0) is 31.4 Å². The predicted octanol–water partition coefficient (Wildman–Crippen LogP) is 3.25. The number of aromatic hydroxyl groups is 1. The van der Waals surface area contributed by atoms with Crippen molar-refractivity contribution < 1.29 is 27.5 Å². The van der Waals surface area contributed by atoms with Crippen LogP contribution in [0, 0.1) is 18.7 Å². The highest BCUT2D eigenvalue weighted by atomic mass is 19.4. The molecule has 3 nitrogen and oxygen atoms in total. The molecule has 0 atom stereocenters. The minimum absolute atomic E-state index is 0.0532. The molecule has 2 rings (SSSR count). The van der Waals surface area contributed by atoms with Gasteiger partial charge in [0.05, 0.1) is 11.5 Å². The first-order chi connectivity index (χ1) is 9.70. The molecule has 1 fully saturated rings. The van der Waals surface area contributed by atoms with Crippen molar-refractivity contribution in [3.8, 4) is 5.75 Å². The van der Waals surface area contributed by atoms with Crippen LogP contribution >= 0.6 is 0 Å². The van der Waals surface area contributed by atoms with Gasteiger partial charge in [-0.2, -0.15) is 13.2 Å². The van der Waals surface area contributed by atoms with E-state index < -0.39 is 23.8 Å². The number of hydrogen-bond donors (Lipinski definition) is 1. The van der Waals surface area contributed by atoms with Crippen molar-refractivity contribution in [3.63, 3.8) is 0 Å². The van der Waals surface area contributed by atoms with E-state index in [2.05, 4.69) is 0 Å². The molecule has 0 unspecified atom stereocenters. The van der Waals surface area contributed by atoms with Gasteiger partial charge >= 0.3 is 6.18 Å². The number of benzene rings is 1. The van der Waals surface area contributed by atoms with Crippen molar-refractivity contribution >= 4 is 5.91 Å². The second-order valence-corrected chi connectivity index (χ2v) is 5.23. The van der Waals surface area contributed by atoms with Crippen molar-refractivity contribution in [3.05, 3.63) is 29.1 Å². The van der Waals surface area contributed by atoms with Crippen LogP contribution in [0.2, 0.25) is 0 Å². The topological polar surface area (TPSA) is 40.5 Å². The van der Waals surface area contributed by atoms with Crippen molar-refractivity contribution in [2.24, 2.45) is 5.92 Å². The fourth-order valence-electron chi connectivity index (χ4n) is 2.42. The molecule has 1 amide bonds. The molecule has 0 aliphatic carbocycles. The molecule has 1 aliphatic heterocycles. The Kier molecular flexibility index (Phi) is 4.11. The van der Waals surface area contributed by atoms with Crippen molar-refractivity contribution in [2.75, 3.05) is 13.1 Å². The number of piperidine rings is 1. The number of phenols is 1. The maximum absolute atomic E-state index is 13.7. The molecule has 0 saturated carbocycles. The van der Waals surface area contributed by atoms with Gasteiger partial charge in [0.25, 0.3) is 5.91 Å². The average molecular weight is 305 g/mol. The summed E-state index contributed by atoms with van der Waals surface area (Å²) < 4.78 is 51.4. The van der Waals surface area contributed by atoms with E-state index in [9.17, 15) is 27.5 Å². The molecular weight excluding hydrogens is 290 g/mol. The fraction of sp³-hybridized carbons (Fsp3) is 0.500. The van der Waals surface area contributed by atoms with Crippen LogP contribution in [0.25, 0.3) is 0 Å². The second kappa shape index (κ2) is 5.54. The Balaban J connectivity index is 2.11. The molecule has 1 aromatic rings. The van der Waals surface area contributed by atoms with E-state index in [1.54, 1.807) is 0 Å². The number of nitrogens with zero attached hydrogens (tertiary/aromatic N) is 1. The zero-order valence-corrected chi connectivity index (χ0v) is 11.4. The van der Waals surface area contributed by atoms with Gasteiger partial charge in [0.2, 0.25) is 0 Å². The number of halogens is 4. The lowest BCUT2D eigenvalue weighted by molar-refractivity contribution is -0.183. The summed E-state index contributed by atoms with van der Waals surface area (Å²) in [5.74, 6) is -3.19. The number of likely N-dealkylation sites (tertiary alicyclic amines) is 1. The van der Waals surface area contributed by atoms with Gasteiger partial charge in [0.15, 0.2) is 0 Å². The van der Waals surface area contributed by atoms with E-state index in [1.807, 2.05) is 0 Å². The number of phenolic OH excluding ortho intramolecular Hbond substituents is 1. The van der Waals surface area contributed by atoms with Gasteiger partial charge in [-0.25, -0.2) is 4.39 Å². The summed E-state index contributed by atoms with van der Waals surface area (Å²) in [6.07, 6.45) is -4.60. The monoisotopic (exact) mass is 305 g/mol. The van der Waals surface area contributed by atoms with Crippen LogP contribution in [0.5, 0.6) is 5.75 Å². The highest BCUT2D eigenvalue weighted by Crippen LogP contribution is 2.34. The first kappa shape index (κ1) is 15.6. The van der Waals surface area contributed by atoms with E-state index in [-0.39, 0.29) is 37.2 Å². The Morgan fingerprint density at radius 2 is 1.86 bits per heavy atom. The van der Waals surface area contributed by atoms with Crippen LogP contribution in [-0.4, -0.2) is 35.2 Å². The molecule has 0 spiro atoms. The largest absolute Gasteiger partial charge is 0.508 e. The number of alkyl halides is 3. The molecule has 1 N–H and O–H groups in total. The Labute approximate surface area is 119 Å². The van der Waals surface area contributed by atoms with Gasteiger partial charge < -0.3 is 10.0 Å². The molecule has 21 heavy (non-hydrogen) atoms. The summed E-state index contributed by atoms with van der Waals surface area (Å²) in [5.41, 5.74) is 0.112. The van der Waals surface area contributed by atoms with Crippen molar-refractivity contribution in [1.82, 2.24) is 4.90 Å². The van der Waals surface area contributed by atoms with Gasteiger partial charge in [0, 0.05) is 19.2 Å². The van der Waals surface area contributed by atoms with Gasteiger partial charge in [-0.15, -0.1) is 0 Å². The zero-order valence-electron chi connectivity index (χ0n) is 11.4. The van der Waals surface area contributed by atoms with Gasteiger partial charge in [-0.1, -0.05) is 0 Å². The minimum atomic E-state index is -4.25. The normalized spacial score (nSPS) is 17.1. The maximum Gasteiger partial charge on any atom is 0.391 e. The third kappa shape index (κ3) is 3.28. The van der Waals surface area contributed by atoms with E-state index in [0.717, 1.165) is 6.07 Å². The van der Waals surface area contributed by atoms with E-state index in [0.29, 0.717) is 5.56 Å². The first-order valence-corrected chi connectivity index (χ1v) is 6.55. The fourth-order valence-corrected chi connectivity index (χ4v) is 2.42. The molecule has 1 aromatic carbocycles. The summed E-state index contributed by atoms with van der Waals surface area (Å²) in [4.78, 5) is 13.4. The molecule has 0 aromatic heterocycles. The molecule has 1 heterocycles. The van der Waals surface area contributed by atoms with E-state index >= 15 is 0 Å². The summed E-state index contributed by atoms with van der Waals surface area (Å²) >= 11 is 0. The first-order valence-electron chi connectivity index (χ1n) is 6.55. The van der Waals surface area contributed by atoms with Gasteiger partial charge in [0.1, 0.15) is 11.6 Å². The minimum Gasteiger partial charge on any atom is -0.508 e. The summed E-state index contributed by atoms with van der Waals surface area (Å²) in [7, 11) is 0. The maximum atomic E-state index is 13.7. The second-order valence-electron chi connectivity index (χ2n) is 5.23. The highest BCUT2D eigenvalue weighted by molar-refractivity contribution is 5.95. The van der Waals surface area contributed by atoms with Gasteiger partial charge in [-0.3, -0.25) is 4.79 Å². The number of carbonyl (C=O) groups excluding carboxylic acids is 1. The number of amides is 1. The Morgan fingerprint density at radius 1 is 1.29 bits per heavy atom. The third-order valence-corrected chi connectivity index (χ3v) is 3.76. The smallest absolute Gasteiger partial charge is 0.391 e. The number of aryl methyl sites for hydroxylation is 1. The molecule has 7 heteroatoms. The van der Waals surface area contributed by atoms with Crippen LogP contribution in [0.15, 0.2) is 12.1 Å². The van der Waals surface area contributed by atoms with Crippen LogP contribution < -0.4 is 0 Å². The number of rotatable bonds is 1. The predicted molar refractivity (Wildman–Crippen MR) is 67.5 cm³/mol. The van der Waals surface area contributed by atoms with Crippen LogP contribution in [0.4, 0.5) is 17.6 Å². The number of carbonyl (C=O) groups is 1. The Bertz CT molecular complexity index is 549. The zero-order chi connectivity index (χ0) is 15.8. The highest BCUT2D eigenvalue weighted by Gasteiger charge is 2.41. The average Bonchev–Trinajstić information content (AvgIpc) is 2.41. The van der Waals surface area contributed by atoms with Crippen LogP contribution in [0.3, 0.4) is 0 Å². The SMILES string of the molecule is Cc1cc(C(=O)N2CCC(C(F)(F)F)CC2)c(F)cc1O. The van der Waals surface area contributed by atoms with E-state index in [1.165, 1.54) is 17.9 Å². The van der Waals surface area contributed by atoms with Crippen LogP contribution in [0.1, 0.15) is 28.8 Å². The van der Waals surface area contributed by atoms with Crippen molar-refractivity contribution in [2.45, 2.75) is 25.9 Å². The summed E-state index contributed by atoms with van der Waals surface area (Å²) in [6.45, 7) is 1.41. The van der Waals surface area contributed by atoms with E-state index in [4.69, 9.17) is 0 Å². The molecule has 0 bridgehead atoms. The lowest BCUT2D eigenvalue weighted by atomic mass is 9.95. The molecule has 0 radical (unpaired) electrons. The lowest BCUT2D eigenvalue weighted by Gasteiger charge is -2.33. The third-order valence-electron chi connectivity index (χ3n) is 3.76. The van der Waals surface area contributed by atoms with Crippen molar-refractivity contribution in [1.29, 1.82) is 0 Å². The summed E-state index contributed by atoms with van der Waals surface area (Å²) in [6, 6.07) is 2.05. The lowest BCUT2D eigenvalue weighted by Crippen LogP contribution is -2.42. The molecule has 1 saturated heterocycles. The Hall–Kier alpha value is -1.79. The molecule has 1 aliphatic rings.